The third kappa shape index (κ3) is 6.76. The summed E-state index contributed by atoms with van der Waals surface area (Å²) in [7, 11) is 0. The minimum absolute atomic E-state index is 0.114. The van der Waals surface area contributed by atoms with Gasteiger partial charge in [0.15, 0.2) is 0 Å². The highest BCUT2D eigenvalue weighted by Crippen LogP contribution is 2.16. The summed E-state index contributed by atoms with van der Waals surface area (Å²) in [4.78, 5) is 12.3. The number of halogens is 3. The van der Waals surface area contributed by atoms with E-state index in [4.69, 9.17) is 0 Å². The van der Waals surface area contributed by atoms with Crippen molar-refractivity contribution >= 4 is 5.91 Å². The number of hydrogen-bond acceptors (Lipinski definition) is 3. The number of nitrogens with one attached hydrogen (secondary N) is 1. The summed E-state index contributed by atoms with van der Waals surface area (Å²) in [6.45, 7) is -0.436. The topological polar surface area (TPSA) is 56.1 Å². The average Bonchev–Trinajstić information content (AvgIpc) is 3.20. The highest BCUT2D eigenvalue weighted by Gasteiger charge is 2.27. The molecule has 0 radical (unpaired) electrons. The van der Waals surface area contributed by atoms with Crippen LogP contribution in [0.1, 0.15) is 27.0 Å². The maximum Gasteiger partial charge on any atom is 0.411 e. The number of rotatable bonds is 8. The van der Waals surface area contributed by atoms with Gasteiger partial charge in [0.25, 0.3) is 5.91 Å². The van der Waals surface area contributed by atoms with E-state index in [1.165, 1.54) is 0 Å². The van der Waals surface area contributed by atoms with Crippen molar-refractivity contribution in [3.05, 3.63) is 89.2 Å². The van der Waals surface area contributed by atoms with Gasteiger partial charge in [0.1, 0.15) is 6.61 Å². The molecule has 1 heterocycles. The fraction of sp³-hybridized carbons (Fsp3) is 0.238. The highest BCUT2D eigenvalue weighted by atomic mass is 19.4. The summed E-state index contributed by atoms with van der Waals surface area (Å²) >= 11 is 0. The van der Waals surface area contributed by atoms with E-state index in [0.29, 0.717) is 24.2 Å². The molecule has 0 aliphatic heterocycles. The first-order chi connectivity index (χ1) is 13.9. The van der Waals surface area contributed by atoms with Crippen LogP contribution in [0.15, 0.2) is 67.0 Å². The molecule has 8 heteroatoms. The fourth-order valence-corrected chi connectivity index (χ4v) is 2.66. The molecule has 0 unspecified atom stereocenters. The van der Waals surface area contributed by atoms with Crippen molar-refractivity contribution in [1.29, 1.82) is 0 Å². The van der Waals surface area contributed by atoms with Gasteiger partial charge in [0.2, 0.25) is 0 Å². The molecular formula is C21H20F3N3O2. The molecule has 3 aromatic rings. The smallest absolute Gasteiger partial charge is 0.367 e. The third-order valence-electron chi connectivity index (χ3n) is 4.13. The lowest BCUT2D eigenvalue weighted by molar-refractivity contribution is -0.176. The van der Waals surface area contributed by atoms with Crippen LogP contribution in [0, 0.1) is 0 Å². The SMILES string of the molecule is O=C(NCc1ccc(COCC(F)(F)F)cc1)c1ccc(Cn2cccn2)cc1. The summed E-state index contributed by atoms with van der Waals surface area (Å²) in [5.41, 5.74) is 3.06. The average molecular weight is 403 g/mol. The van der Waals surface area contributed by atoms with Gasteiger partial charge in [-0.15, -0.1) is 0 Å². The largest absolute Gasteiger partial charge is 0.411 e. The van der Waals surface area contributed by atoms with Crippen molar-refractivity contribution in [2.75, 3.05) is 6.61 Å². The highest BCUT2D eigenvalue weighted by molar-refractivity contribution is 5.94. The standard InChI is InChI=1S/C21H20F3N3O2/c22-21(23,24)15-29-14-18-4-2-16(3-5-18)12-25-20(28)19-8-6-17(7-9-19)13-27-11-1-10-26-27/h1-11H,12-15H2,(H,25,28). The molecule has 0 atom stereocenters. The first kappa shape index (κ1) is 20.6. The van der Waals surface area contributed by atoms with Gasteiger partial charge in [0.05, 0.1) is 13.2 Å². The Balaban J connectivity index is 1.46. The second kappa shape index (κ2) is 9.38. The van der Waals surface area contributed by atoms with Crippen LogP contribution in [0.4, 0.5) is 13.2 Å². The molecule has 2 aromatic carbocycles. The number of benzene rings is 2. The van der Waals surface area contributed by atoms with Crippen LogP contribution in [-0.2, 0) is 24.4 Å². The van der Waals surface area contributed by atoms with Crippen molar-refractivity contribution in [1.82, 2.24) is 15.1 Å². The summed E-state index contributed by atoms with van der Waals surface area (Å²) < 4.78 is 42.6. The van der Waals surface area contributed by atoms with Gasteiger partial charge in [-0.3, -0.25) is 9.48 Å². The van der Waals surface area contributed by atoms with Gasteiger partial charge in [-0.1, -0.05) is 36.4 Å². The van der Waals surface area contributed by atoms with Gasteiger partial charge in [-0.05, 0) is 34.9 Å². The molecule has 5 nitrogen and oxygen atoms in total. The summed E-state index contributed by atoms with van der Waals surface area (Å²) in [5.74, 6) is -0.201. The number of nitrogens with zero attached hydrogens (tertiary/aromatic N) is 2. The molecule has 3 rings (SSSR count). The molecule has 0 saturated carbocycles. The van der Waals surface area contributed by atoms with Crippen molar-refractivity contribution in [3.63, 3.8) is 0 Å². The van der Waals surface area contributed by atoms with Gasteiger partial charge >= 0.3 is 6.18 Å². The van der Waals surface area contributed by atoms with E-state index < -0.39 is 12.8 Å². The molecule has 1 aromatic heterocycles. The normalized spacial score (nSPS) is 11.4. The van der Waals surface area contributed by atoms with Crippen LogP contribution in [0.25, 0.3) is 0 Å². The zero-order valence-electron chi connectivity index (χ0n) is 15.5. The second-order valence-electron chi connectivity index (χ2n) is 6.51. The quantitative estimate of drug-likeness (QED) is 0.620. The predicted molar refractivity (Wildman–Crippen MR) is 101 cm³/mol. The Hall–Kier alpha value is -3.13. The lowest BCUT2D eigenvalue weighted by Crippen LogP contribution is -2.22. The molecule has 0 spiro atoms. The minimum Gasteiger partial charge on any atom is -0.367 e. The van der Waals surface area contributed by atoms with E-state index in [-0.39, 0.29) is 12.5 Å². The lowest BCUT2D eigenvalue weighted by Gasteiger charge is -2.09. The summed E-state index contributed by atoms with van der Waals surface area (Å²) in [6.07, 6.45) is -0.750. The molecule has 0 aliphatic rings. The molecule has 1 N–H and O–H groups in total. The Morgan fingerprint density at radius 1 is 1.00 bits per heavy atom. The van der Waals surface area contributed by atoms with Gasteiger partial charge in [-0.2, -0.15) is 18.3 Å². The van der Waals surface area contributed by atoms with Crippen LogP contribution in [0.2, 0.25) is 0 Å². The Morgan fingerprint density at radius 3 is 2.28 bits per heavy atom. The molecule has 0 aliphatic carbocycles. The zero-order chi connectivity index (χ0) is 20.7. The number of aromatic nitrogens is 2. The maximum absolute atomic E-state index is 12.3. The Bertz CT molecular complexity index is 906. The van der Waals surface area contributed by atoms with E-state index in [2.05, 4.69) is 15.2 Å². The lowest BCUT2D eigenvalue weighted by atomic mass is 10.1. The Kier molecular flexibility index (Phi) is 6.66. The molecule has 0 saturated heterocycles. The predicted octanol–water partition coefficient (Wildman–Crippen LogP) is 3.94. The van der Waals surface area contributed by atoms with Crippen molar-refractivity contribution in [2.24, 2.45) is 0 Å². The number of ether oxygens (including phenoxy) is 1. The van der Waals surface area contributed by atoms with Crippen molar-refractivity contribution in [2.45, 2.75) is 25.9 Å². The minimum atomic E-state index is -4.33. The summed E-state index contributed by atoms with van der Waals surface area (Å²) in [5, 5.41) is 6.97. The van der Waals surface area contributed by atoms with Gasteiger partial charge in [-0.25, -0.2) is 0 Å². The van der Waals surface area contributed by atoms with Gasteiger partial charge in [0, 0.05) is 24.5 Å². The van der Waals surface area contributed by atoms with E-state index in [1.807, 2.05) is 24.4 Å². The van der Waals surface area contributed by atoms with Crippen LogP contribution >= 0.6 is 0 Å². The third-order valence-corrected chi connectivity index (χ3v) is 4.13. The van der Waals surface area contributed by atoms with Crippen LogP contribution in [0.3, 0.4) is 0 Å². The molecule has 29 heavy (non-hydrogen) atoms. The maximum atomic E-state index is 12.3. The first-order valence-corrected chi connectivity index (χ1v) is 8.96. The summed E-state index contributed by atoms with van der Waals surface area (Å²) in [6, 6.07) is 16.0. The number of alkyl halides is 3. The van der Waals surface area contributed by atoms with E-state index in [9.17, 15) is 18.0 Å². The monoisotopic (exact) mass is 403 g/mol. The number of carbonyl (C=O) groups excluding carboxylic acids is 1. The number of carbonyl (C=O) groups is 1. The Morgan fingerprint density at radius 2 is 1.66 bits per heavy atom. The van der Waals surface area contributed by atoms with Crippen molar-refractivity contribution < 1.29 is 22.7 Å². The number of hydrogen-bond donors (Lipinski definition) is 1. The Labute approximate surface area is 166 Å². The van der Waals surface area contributed by atoms with Crippen LogP contribution in [0.5, 0.6) is 0 Å². The molecular weight excluding hydrogens is 383 g/mol. The molecule has 152 valence electrons. The van der Waals surface area contributed by atoms with E-state index >= 15 is 0 Å². The van der Waals surface area contributed by atoms with Gasteiger partial charge < -0.3 is 10.1 Å². The fourth-order valence-electron chi connectivity index (χ4n) is 2.66. The molecule has 0 fully saturated rings. The van der Waals surface area contributed by atoms with Crippen LogP contribution < -0.4 is 5.32 Å². The number of amides is 1. The zero-order valence-corrected chi connectivity index (χ0v) is 15.5. The van der Waals surface area contributed by atoms with E-state index in [0.717, 1.165) is 11.1 Å². The van der Waals surface area contributed by atoms with Crippen LogP contribution in [-0.4, -0.2) is 28.5 Å². The molecule has 1 amide bonds. The first-order valence-electron chi connectivity index (χ1n) is 8.96. The second-order valence-corrected chi connectivity index (χ2v) is 6.51. The molecule has 0 bridgehead atoms. The van der Waals surface area contributed by atoms with E-state index in [1.54, 1.807) is 47.3 Å². The van der Waals surface area contributed by atoms with Crippen molar-refractivity contribution in [3.8, 4) is 0 Å².